The van der Waals surface area contributed by atoms with Crippen molar-refractivity contribution >= 4 is 18.6 Å². The molecule has 1 aromatic rings. The van der Waals surface area contributed by atoms with E-state index in [1.165, 1.54) is 5.56 Å². The number of hydrogen-bond donors (Lipinski definition) is 0. The highest BCUT2D eigenvalue weighted by molar-refractivity contribution is 6.62. The van der Waals surface area contributed by atoms with Crippen LogP contribution >= 0.6 is 0 Å². The quantitative estimate of drug-likeness (QED) is 0.588. The first kappa shape index (κ1) is 18.5. The van der Waals surface area contributed by atoms with Crippen LogP contribution in [0.1, 0.15) is 53.0 Å². The number of esters is 1. The average molecular weight is 344 g/mol. The number of carbonyl (C=O) groups excluding carboxylic acids is 1. The number of aryl methyl sites for hydroxylation is 1. The molecule has 2 atom stereocenters. The van der Waals surface area contributed by atoms with Crippen molar-refractivity contribution in [2.75, 3.05) is 6.61 Å². The topological polar surface area (TPSA) is 44.8 Å². The fourth-order valence-electron chi connectivity index (χ4n) is 3.28. The number of ether oxygens (including phenoxy) is 1. The van der Waals surface area contributed by atoms with Gasteiger partial charge in [-0.05, 0) is 70.8 Å². The molecule has 1 aromatic carbocycles. The molecule has 0 radical (unpaired) electrons. The van der Waals surface area contributed by atoms with E-state index in [9.17, 15) is 4.79 Å². The molecule has 0 bridgehead atoms. The van der Waals surface area contributed by atoms with Crippen molar-refractivity contribution in [3.63, 3.8) is 0 Å². The summed E-state index contributed by atoms with van der Waals surface area (Å²) in [6.45, 7) is 10.6. The molecule has 2 fully saturated rings. The minimum absolute atomic E-state index is 0.0244. The molecule has 1 aliphatic heterocycles. The Balaban J connectivity index is 1.51. The SMILES string of the molecule is CCOC(=O)[C@@H]1C[C@H]1CCc1ccc(B2OC(C)(C)C(C)(C)O2)cc1. The summed E-state index contributed by atoms with van der Waals surface area (Å²) in [6.07, 6.45) is 3.01. The smallest absolute Gasteiger partial charge is 0.466 e. The van der Waals surface area contributed by atoms with Crippen LogP contribution in [0.25, 0.3) is 0 Å². The van der Waals surface area contributed by atoms with Crippen molar-refractivity contribution in [2.24, 2.45) is 11.8 Å². The Kier molecular flexibility index (Phi) is 5.00. The zero-order valence-electron chi connectivity index (χ0n) is 16.0. The van der Waals surface area contributed by atoms with Gasteiger partial charge in [0.05, 0.1) is 23.7 Å². The second-order valence-corrected chi connectivity index (χ2v) is 8.22. The van der Waals surface area contributed by atoms with Crippen molar-refractivity contribution in [3.8, 4) is 0 Å². The fourth-order valence-corrected chi connectivity index (χ4v) is 3.28. The molecule has 0 amide bonds. The van der Waals surface area contributed by atoms with E-state index in [4.69, 9.17) is 14.0 Å². The zero-order chi connectivity index (χ0) is 18.2. The third-order valence-electron chi connectivity index (χ3n) is 5.82. The van der Waals surface area contributed by atoms with Crippen molar-refractivity contribution in [1.29, 1.82) is 0 Å². The molecule has 1 heterocycles. The van der Waals surface area contributed by atoms with Gasteiger partial charge in [-0.2, -0.15) is 0 Å². The Labute approximate surface area is 151 Å². The fraction of sp³-hybridized carbons (Fsp3) is 0.650. The Morgan fingerprint density at radius 1 is 1.16 bits per heavy atom. The monoisotopic (exact) mass is 344 g/mol. The minimum Gasteiger partial charge on any atom is -0.466 e. The molecule has 0 N–H and O–H groups in total. The van der Waals surface area contributed by atoms with Crippen LogP contribution in [0.5, 0.6) is 0 Å². The summed E-state index contributed by atoms with van der Waals surface area (Å²) in [5.74, 6) is 0.592. The van der Waals surface area contributed by atoms with Gasteiger partial charge >= 0.3 is 13.1 Å². The highest BCUT2D eigenvalue weighted by atomic mass is 16.7. The molecule has 0 aromatic heterocycles. The Morgan fingerprint density at radius 3 is 2.32 bits per heavy atom. The zero-order valence-corrected chi connectivity index (χ0v) is 16.0. The van der Waals surface area contributed by atoms with Crippen LogP contribution in [-0.4, -0.2) is 30.9 Å². The molecule has 1 aliphatic carbocycles. The first-order valence-electron chi connectivity index (χ1n) is 9.34. The van der Waals surface area contributed by atoms with Gasteiger partial charge in [-0.1, -0.05) is 24.3 Å². The maximum atomic E-state index is 11.7. The predicted octanol–water partition coefficient (Wildman–Crippen LogP) is 3.12. The molecule has 0 unspecified atom stereocenters. The second-order valence-electron chi connectivity index (χ2n) is 8.22. The van der Waals surface area contributed by atoms with Gasteiger partial charge in [-0.25, -0.2) is 0 Å². The lowest BCUT2D eigenvalue weighted by atomic mass is 9.78. The molecule has 25 heavy (non-hydrogen) atoms. The molecule has 3 rings (SSSR count). The Bertz CT molecular complexity index is 607. The summed E-state index contributed by atoms with van der Waals surface area (Å²) in [5, 5.41) is 0. The lowest BCUT2D eigenvalue weighted by molar-refractivity contribution is -0.145. The summed E-state index contributed by atoms with van der Waals surface area (Å²) in [7, 11) is -0.310. The second kappa shape index (κ2) is 6.77. The van der Waals surface area contributed by atoms with Gasteiger partial charge < -0.3 is 14.0 Å². The first-order chi connectivity index (χ1) is 11.7. The summed E-state index contributed by atoms with van der Waals surface area (Å²) in [5.41, 5.74) is 1.71. The van der Waals surface area contributed by atoms with Crippen LogP contribution < -0.4 is 5.46 Å². The van der Waals surface area contributed by atoms with E-state index in [2.05, 4.69) is 52.0 Å². The minimum atomic E-state index is -0.315. The van der Waals surface area contributed by atoms with Gasteiger partial charge in [0.2, 0.25) is 0 Å². The van der Waals surface area contributed by atoms with Crippen LogP contribution in [0.2, 0.25) is 0 Å². The Hall–Kier alpha value is -1.33. The van der Waals surface area contributed by atoms with Crippen molar-refractivity contribution in [3.05, 3.63) is 29.8 Å². The van der Waals surface area contributed by atoms with Crippen LogP contribution in [0, 0.1) is 11.8 Å². The number of carbonyl (C=O) groups is 1. The molecular formula is C20H29BO4. The van der Waals surface area contributed by atoms with E-state index in [0.29, 0.717) is 12.5 Å². The van der Waals surface area contributed by atoms with Gasteiger partial charge in [0.15, 0.2) is 0 Å². The molecule has 1 saturated heterocycles. The standard InChI is InChI=1S/C20H29BO4/c1-6-23-18(22)17-13-15(17)10-7-14-8-11-16(12-9-14)21-24-19(2,3)20(4,5)25-21/h8-9,11-12,15,17H,6-7,10,13H2,1-5H3/t15-,17-/m1/s1. The summed E-state index contributed by atoms with van der Waals surface area (Å²) < 4.78 is 17.3. The van der Waals surface area contributed by atoms with E-state index in [0.717, 1.165) is 24.7 Å². The lowest BCUT2D eigenvalue weighted by Gasteiger charge is -2.32. The molecule has 0 spiro atoms. The molecule has 2 aliphatic rings. The number of rotatable bonds is 6. The van der Waals surface area contributed by atoms with Gasteiger partial charge in [0.1, 0.15) is 0 Å². The van der Waals surface area contributed by atoms with E-state index < -0.39 is 0 Å². The maximum absolute atomic E-state index is 11.7. The van der Waals surface area contributed by atoms with Crippen molar-refractivity contribution < 1.29 is 18.8 Å². The third-order valence-corrected chi connectivity index (χ3v) is 5.82. The normalized spacial score (nSPS) is 26.5. The summed E-state index contributed by atoms with van der Waals surface area (Å²) in [4.78, 5) is 11.7. The molecule has 136 valence electrons. The van der Waals surface area contributed by atoms with E-state index in [-0.39, 0.29) is 30.2 Å². The summed E-state index contributed by atoms with van der Waals surface area (Å²) in [6, 6.07) is 8.46. The molecule has 1 saturated carbocycles. The highest BCUT2D eigenvalue weighted by Gasteiger charge is 2.51. The lowest BCUT2D eigenvalue weighted by Crippen LogP contribution is -2.41. The summed E-state index contributed by atoms with van der Waals surface area (Å²) >= 11 is 0. The number of hydrogen-bond acceptors (Lipinski definition) is 4. The van der Waals surface area contributed by atoms with E-state index >= 15 is 0 Å². The number of benzene rings is 1. The largest absolute Gasteiger partial charge is 0.494 e. The third kappa shape index (κ3) is 3.93. The maximum Gasteiger partial charge on any atom is 0.494 e. The highest BCUT2D eigenvalue weighted by Crippen LogP contribution is 2.42. The van der Waals surface area contributed by atoms with Crippen LogP contribution in [0.15, 0.2) is 24.3 Å². The van der Waals surface area contributed by atoms with Gasteiger partial charge in [0.25, 0.3) is 0 Å². The van der Waals surface area contributed by atoms with Crippen molar-refractivity contribution in [2.45, 2.75) is 65.1 Å². The van der Waals surface area contributed by atoms with Crippen LogP contribution in [0.4, 0.5) is 0 Å². The van der Waals surface area contributed by atoms with E-state index in [1.807, 2.05) is 6.92 Å². The van der Waals surface area contributed by atoms with Gasteiger partial charge in [-0.3, -0.25) is 4.79 Å². The van der Waals surface area contributed by atoms with Crippen molar-refractivity contribution in [1.82, 2.24) is 0 Å². The predicted molar refractivity (Wildman–Crippen MR) is 98.7 cm³/mol. The first-order valence-corrected chi connectivity index (χ1v) is 9.34. The van der Waals surface area contributed by atoms with Crippen LogP contribution in [-0.2, 0) is 25.3 Å². The Morgan fingerprint density at radius 2 is 1.76 bits per heavy atom. The van der Waals surface area contributed by atoms with Gasteiger partial charge in [-0.15, -0.1) is 0 Å². The van der Waals surface area contributed by atoms with E-state index in [1.54, 1.807) is 0 Å². The average Bonchev–Trinajstić information content (AvgIpc) is 3.28. The van der Waals surface area contributed by atoms with Gasteiger partial charge in [0, 0.05) is 0 Å². The molecular weight excluding hydrogens is 315 g/mol. The van der Waals surface area contributed by atoms with Crippen LogP contribution in [0.3, 0.4) is 0 Å². The molecule has 5 heteroatoms. The molecule has 4 nitrogen and oxygen atoms in total.